The van der Waals surface area contributed by atoms with Gasteiger partial charge in [0.1, 0.15) is 11.8 Å². The zero-order chi connectivity index (χ0) is 15.8. The maximum atomic E-state index is 12.2. The van der Waals surface area contributed by atoms with Gasteiger partial charge in [-0.15, -0.1) is 0 Å². The molecule has 0 aliphatic rings. The number of amides is 2. The Morgan fingerprint density at radius 1 is 1.43 bits per heavy atom. The van der Waals surface area contributed by atoms with Crippen LogP contribution in [-0.4, -0.2) is 46.8 Å². The molecule has 0 saturated heterocycles. The van der Waals surface area contributed by atoms with Crippen molar-refractivity contribution in [1.82, 2.24) is 5.32 Å². The standard InChI is InChI=1S/C14H20N2O4S/c1-3-16(10-5-4-6-11(17)9-10)14(20)15-12(13(18)19)7-8-21-2/h4-6,9,12,17H,3,7-8H2,1-2H3,(H,15,20)(H,18,19)/t12-/m1/s1. The topological polar surface area (TPSA) is 89.9 Å². The number of carbonyl (C=O) groups excluding carboxylic acids is 1. The molecule has 1 aromatic rings. The fraction of sp³-hybridized carbons (Fsp3) is 0.429. The van der Waals surface area contributed by atoms with E-state index in [4.69, 9.17) is 5.11 Å². The first-order valence-electron chi connectivity index (χ1n) is 6.58. The third-order valence-corrected chi connectivity index (χ3v) is 3.55. The third kappa shape index (κ3) is 5.18. The van der Waals surface area contributed by atoms with Gasteiger partial charge in [0.05, 0.1) is 0 Å². The minimum Gasteiger partial charge on any atom is -0.508 e. The molecule has 0 aromatic heterocycles. The average molecular weight is 312 g/mol. The maximum absolute atomic E-state index is 12.2. The number of rotatable bonds is 7. The first kappa shape index (κ1) is 17.2. The number of carboxylic acid groups (broad SMARTS) is 1. The van der Waals surface area contributed by atoms with Gasteiger partial charge in [0.15, 0.2) is 0 Å². The molecule has 1 rings (SSSR count). The molecule has 0 heterocycles. The van der Waals surface area contributed by atoms with Crippen LogP contribution in [0.2, 0.25) is 0 Å². The summed E-state index contributed by atoms with van der Waals surface area (Å²) < 4.78 is 0. The molecule has 0 aliphatic heterocycles. The second-order valence-electron chi connectivity index (χ2n) is 4.39. The number of phenols is 1. The van der Waals surface area contributed by atoms with Crippen LogP contribution in [0.15, 0.2) is 24.3 Å². The Hall–Kier alpha value is -1.89. The van der Waals surface area contributed by atoms with Gasteiger partial charge in [-0.05, 0) is 37.5 Å². The number of urea groups is 1. The molecule has 0 aliphatic carbocycles. The Bertz CT molecular complexity index is 496. The number of aromatic hydroxyl groups is 1. The number of nitrogens with zero attached hydrogens (tertiary/aromatic N) is 1. The normalized spacial score (nSPS) is 11.7. The number of nitrogens with one attached hydrogen (secondary N) is 1. The van der Waals surface area contributed by atoms with E-state index in [0.717, 1.165) is 0 Å². The summed E-state index contributed by atoms with van der Waals surface area (Å²) in [6.07, 6.45) is 2.24. The molecule has 21 heavy (non-hydrogen) atoms. The predicted octanol–water partition coefficient (Wildman–Crippen LogP) is 2.13. The molecular weight excluding hydrogens is 292 g/mol. The van der Waals surface area contributed by atoms with Gasteiger partial charge < -0.3 is 15.5 Å². The number of hydrogen-bond donors (Lipinski definition) is 3. The molecule has 1 atom stereocenters. The minimum atomic E-state index is -1.05. The molecule has 7 heteroatoms. The van der Waals surface area contributed by atoms with Crippen molar-refractivity contribution in [3.63, 3.8) is 0 Å². The molecule has 0 saturated carbocycles. The van der Waals surface area contributed by atoms with E-state index in [0.29, 0.717) is 24.4 Å². The number of benzene rings is 1. The quantitative estimate of drug-likeness (QED) is 0.717. The second-order valence-corrected chi connectivity index (χ2v) is 5.37. The van der Waals surface area contributed by atoms with Crippen molar-refractivity contribution >= 4 is 29.4 Å². The van der Waals surface area contributed by atoms with Gasteiger partial charge in [0.2, 0.25) is 0 Å². The lowest BCUT2D eigenvalue weighted by Crippen LogP contribution is -2.48. The van der Waals surface area contributed by atoms with Gasteiger partial charge >= 0.3 is 12.0 Å². The Morgan fingerprint density at radius 3 is 2.67 bits per heavy atom. The molecule has 0 unspecified atom stereocenters. The van der Waals surface area contributed by atoms with Crippen LogP contribution >= 0.6 is 11.8 Å². The number of thioether (sulfide) groups is 1. The third-order valence-electron chi connectivity index (χ3n) is 2.91. The summed E-state index contributed by atoms with van der Waals surface area (Å²) in [5.41, 5.74) is 0.518. The van der Waals surface area contributed by atoms with Gasteiger partial charge in [-0.25, -0.2) is 9.59 Å². The van der Waals surface area contributed by atoms with E-state index in [1.807, 2.05) is 6.26 Å². The molecule has 1 aromatic carbocycles. The Kier molecular flexibility index (Phi) is 6.87. The van der Waals surface area contributed by atoms with Crippen LogP contribution in [0.1, 0.15) is 13.3 Å². The van der Waals surface area contributed by atoms with E-state index in [9.17, 15) is 14.7 Å². The van der Waals surface area contributed by atoms with Crippen LogP contribution in [0.25, 0.3) is 0 Å². The molecule has 0 fully saturated rings. The first-order chi connectivity index (χ1) is 9.99. The smallest absolute Gasteiger partial charge is 0.326 e. The Labute approximate surface area is 128 Å². The summed E-state index contributed by atoms with van der Waals surface area (Å²) in [5, 5.41) is 21.1. The van der Waals surface area contributed by atoms with Crippen LogP contribution in [0, 0.1) is 0 Å². The van der Waals surface area contributed by atoms with Crippen LogP contribution in [0.5, 0.6) is 5.75 Å². The molecule has 6 nitrogen and oxygen atoms in total. The van der Waals surface area contributed by atoms with Crippen molar-refractivity contribution in [3.05, 3.63) is 24.3 Å². The van der Waals surface area contributed by atoms with Crippen molar-refractivity contribution in [2.75, 3.05) is 23.5 Å². The number of hydrogen-bond acceptors (Lipinski definition) is 4. The van der Waals surface area contributed by atoms with Crippen LogP contribution in [0.3, 0.4) is 0 Å². The summed E-state index contributed by atoms with van der Waals surface area (Å²) in [7, 11) is 0. The van der Waals surface area contributed by atoms with E-state index in [2.05, 4.69) is 5.32 Å². The monoisotopic (exact) mass is 312 g/mol. The van der Waals surface area contributed by atoms with E-state index < -0.39 is 18.0 Å². The fourth-order valence-corrected chi connectivity index (χ4v) is 2.30. The lowest BCUT2D eigenvalue weighted by Gasteiger charge is -2.24. The van der Waals surface area contributed by atoms with E-state index >= 15 is 0 Å². The molecule has 0 radical (unpaired) electrons. The summed E-state index contributed by atoms with van der Waals surface area (Å²) in [6.45, 7) is 2.14. The van der Waals surface area contributed by atoms with Gasteiger partial charge in [-0.2, -0.15) is 11.8 Å². The summed E-state index contributed by atoms with van der Waals surface area (Å²) in [4.78, 5) is 24.8. The Balaban J connectivity index is 2.80. The van der Waals surface area contributed by atoms with E-state index in [1.54, 1.807) is 19.1 Å². The van der Waals surface area contributed by atoms with E-state index in [-0.39, 0.29) is 5.75 Å². The highest BCUT2D eigenvalue weighted by Crippen LogP contribution is 2.20. The van der Waals surface area contributed by atoms with Crippen molar-refractivity contribution < 1.29 is 19.8 Å². The zero-order valence-electron chi connectivity index (χ0n) is 12.1. The van der Waals surface area contributed by atoms with Crippen molar-refractivity contribution in [3.8, 4) is 5.75 Å². The number of aliphatic carboxylic acids is 1. The molecule has 0 spiro atoms. The van der Waals surface area contributed by atoms with Gasteiger partial charge in [0, 0.05) is 18.3 Å². The Morgan fingerprint density at radius 2 is 2.14 bits per heavy atom. The van der Waals surface area contributed by atoms with Crippen LogP contribution < -0.4 is 10.2 Å². The van der Waals surface area contributed by atoms with E-state index in [1.165, 1.54) is 28.8 Å². The molecular formula is C14H20N2O4S. The summed E-state index contributed by atoms with van der Waals surface area (Å²) in [5.74, 6) is -0.351. The van der Waals surface area contributed by atoms with Crippen LogP contribution in [0.4, 0.5) is 10.5 Å². The number of carboxylic acids is 1. The number of carbonyl (C=O) groups is 2. The lowest BCUT2D eigenvalue weighted by molar-refractivity contribution is -0.139. The highest BCUT2D eigenvalue weighted by Gasteiger charge is 2.23. The van der Waals surface area contributed by atoms with Crippen molar-refractivity contribution in [2.24, 2.45) is 0 Å². The largest absolute Gasteiger partial charge is 0.508 e. The number of phenolic OH excluding ortho intramolecular Hbond substituents is 1. The lowest BCUT2D eigenvalue weighted by atomic mass is 10.2. The maximum Gasteiger partial charge on any atom is 0.326 e. The van der Waals surface area contributed by atoms with Gasteiger partial charge in [-0.1, -0.05) is 6.07 Å². The van der Waals surface area contributed by atoms with Gasteiger partial charge in [-0.3, -0.25) is 4.90 Å². The van der Waals surface area contributed by atoms with Crippen LogP contribution in [-0.2, 0) is 4.79 Å². The predicted molar refractivity (Wildman–Crippen MR) is 84.1 cm³/mol. The summed E-state index contributed by atoms with van der Waals surface area (Å²) in [6, 6.07) is 4.87. The molecule has 2 amide bonds. The van der Waals surface area contributed by atoms with Gasteiger partial charge in [0.25, 0.3) is 0 Å². The zero-order valence-corrected chi connectivity index (χ0v) is 12.9. The molecule has 116 valence electrons. The fourth-order valence-electron chi connectivity index (χ4n) is 1.82. The highest BCUT2D eigenvalue weighted by atomic mass is 32.2. The summed E-state index contributed by atoms with van der Waals surface area (Å²) >= 11 is 1.53. The molecule has 0 bridgehead atoms. The molecule has 3 N–H and O–H groups in total. The second kappa shape index (κ2) is 8.41. The number of anilines is 1. The minimum absolute atomic E-state index is 0.0518. The SMILES string of the molecule is CCN(C(=O)N[C@H](CCSC)C(=O)O)c1cccc(O)c1. The first-order valence-corrected chi connectivity index (χ1v) is 7.97. The highest BCUT2D eigenvalue weighted by molar-refractivity contribution is 7.98. The van der Waals surface area contributed by atoms with Crippen molar-refractivity contribution in [1.29, 1.82) is 0 Å². The average Bonchev–Trinajstić information content (AvgIpc) is 2.44. The van der Waals surface area contributed by atoms with Crippen molar-refractivity contribution in [2.45, 2.75) is 19.4 Å².